The van der Waals surface area contributed by atoms with Crippen LogP contribution in [0.1, 0.15) is 40.1 Å². The summed E-state index contributed by atoms with van der Waals surface area (Å²) in [4.78, 5) is 17.7. The number of fused-ring (bicyclic) bond motifs is 7. The van der Waals surface area contributed by atoms with Crippen LogP contribution in [0.3, 0.4) is 0 Å². The van der Waals surface area contributed by atoms with Crippen LogP contribution in [-0.4, -0.2) is 29.5 Å². The zero-order valence-electron chi connectivity index (χ0n) is 16.3. The quantitative estimate of drug-likeness (QED) is 0.656. The van der Waals surface area contributed by atoms with Crippen molar-refractivity contribution < 1.29 is 13.6 Å². The van der Waals surface area contributed by atoms with E-state index in [1.807, 2.05) is 18.3 Å². The fraction of sp³-hybridized carbons (Fsp3) is 0.333. The Hall–Kier alpha value is -2.99. The molecule has 2 aromatic heterocycles. The second-order valence-electron chi connectivity index (χ2n) is 9.07. The average Bonchev–Trinajstić information content (AvgIpc) is 3.35. The van der Waals surface area contributed by atoms with Gasteiger partial charge in [0.2, 0.25) is 0 Å². The molecule has 2 aliphatic heterocycles. The normalized spacial score (nSPS) is 21.4. The summed E-state index contributed by atoms with van der Waals surface area (Å²) in [5, 5.41) is 6.73. The van der Waals surface area contributed by atoms with Crippen LogP contribution in [-0.2, 0) is 18.3 Å². The Bertz CT molecular complexity index is 1250. The largest absolute Gasteiger partial charge is 0.459 e. The lowest BCUT2D eigenvalue weighted by atomic mass is 9.66. The molecule has 2 N–H and O–H groups in total. The lowest BCUT2D eigenvalue weighted by Crippen LogP contribution is -2.71. The Morgan fingerprint density at radius 2 is 2.00 bits per heavy atom. The van der Waals surface area contributed by atoms with Crippen LogP contribution in [0.2, 0.25) is 0 Å². The van der Waals surface area contributed by atoms with Gasteiger partial charge in [-0.1, -0.05) is 12.1 Å². The fourth-order valence-corrected chi connectivity index (χ4v) is 5.68. The van der Waals surface area contributed by atoms with E-state index in [4.69, 9.17) is 4.42 Å². The first kappa shape index (κ1) is 16.8. The SMILES string of the molecule is O=C1NC2(CC2)C2(CNC2)c2oc3c(c21)CCc1cnc(-c2cccc(F)c2)cc1-3. The monoisotopic (exact) mass is 401 g/mol. The number of hydrogen-bond donors (Lipinski definition) is 2. The molecule has 0 bridgehead atoms. The number of furan rings is 1. The van der Waals surface area contributed by atoms with E-state index in [-0.39, 0.29) is 22.7 Å². The molecule has 2 spiro atoms. The van der Waals surface area contributed by atoms with Crippen molar-refractivity contribution in [2.24, 2.45) is 0 Å². The molecule has 1 aromatic carbocycles. The maximum absolute atomic E-state index is 13.7. The predicted molar refractivity (Wildman–Crippen MR) is 109 cm³/mol. The molecule has 2 fully saturated rings. The highest BCUT2D eigenvalue weighted by atomic mass is 19.1. The van der Waals surface area contributed by atoms with E-state index in [9.17, 15) is 9.18 Å². The molecule has 6 heteroatoms. The van der Waals surface area contributed by atoms with E-state index in [1.54, 1.807) is 6.07 Å². The summed E-state index contributed by atoms with van der Waals surface area (Å²) in [5.74, 6) is 1.38. The second kappa shape index (κ2) is 5.38. The van der Waals surface area contributed by atoms with Gasteiger partial charge >= 0.3 is 0 Å². The maximum Gasteiger partial charge on any atom is 0.255 e. The number of carbonyl (C=O) groups excluding carboxylic acids is 1. The van der Waals surface area contributed by atoms with E-state index in [0.717, 1.165) is 78.1 Å². The Morgan fingerprint density at radius 1 is 1.13 bits per heavy atom. The summed E-state index contributed by atoms with van der Waals surface area (Å²) in [7, 11) is 0. The van der Waals surface area contributed by atoms with Gasteiger partial charge < -0.3 is 15.1 Å². The van der Waals surface area contributed by atoms with Crippen molar-refractivity contribution in [1.82, 2.24) is 15.6 Å². The average molecular weight is 401 g/mol. The standard InChI is InChI=1S/C24H20FN3O2/c25-15-3-1-2-13(8-15)18-9-17-14(10-27-18)4-5-16-19-21(30-20(16)17)23(11-26-12-23)24(6-7-24)28-22(19)29/h1-3,8-10,26H,4-7,11-12H2,(H,28,29). The van der Waals surface area contributed by atoms with Crippen LogP contribution in [0.25, 0.3) is 22.6 Å². The number of pyridine rings is 1. The third kappa shape index (κ3) is 1.95. The fourth-order valence-electron chi connectivity index (χ4n) is 5.68. The van der Waals surface area contributed by atoms with Crippen LogP contribution in [0.15, 0.2) is 40.9 Å². The molecule has 0 radical (unpaired) electrons. The first-order valence-electron chi connectivity index (χ1n) is 10.5. The summed E-state index contributed by atoms with van der Waals surface area (Å²) in [5.41, 5.74) is 5.00. The van der Waals surface area contributed by atoms with Gasteiger partial charge in [0.05, 0.1) is 22.2 Å². The van der Waals surface area contributed by atoms with Gasteiger partial charge in [0.25, 0.3) is 5.91 Å². The van der Waals surface area contributed by atoms with Crippen molar-refractivity contribution in [2.75, 3.05) is 13.1 Å². The molecule has 0 atom stereocenters. The van der Waals surface area contributed by atoms with E-state index in [1.165, 1.54) is 12.1 Å². The predicted octanol–water partition coefficient (Wildman–Crippen LogP) is 3.36. The molecule has 4 aliphatic rings. The van der Waals surface area contributed by atoms with Crippen LogP contribution in [0.5, 0.6) is 0 Å². The van der Waals surface area contributed by atoms with Crippen LogP contribution >= 0.6 is 0 Å². The number of nitrogens with zero attached hydrogens (tertiary/aromatic N) is 1. The van der Waals surface area contributed by atoms with Crippen LogP contribution in [0, 0.1) is 5.82 Å². The van der Waals surface area contributed by atoms with Gasteiger partial charge in [0, 0.05) is 36.0 Å². The van der Waals surface area contributed by atoms with Crippen molar-refractivity contribution in [1.29, 1.82) is 0 Å². The van der Waals surface area contributed by atoms with Gasteiger partial charge in [0.15, 0.2) is 0 Å². The molecule has 1 saturated heterocycles. The minimum atomic E-state index is -0.285. The van der Waals surface area contributed by atoms with Crippen molar-refractivity contribution in [3.8, 4) is 22.6 Å². The number of rotatable bonds is 1. The Kier molecular flexibility index (Phi) is 3.01. The zero-order valence-corrected chi connectivity index (χ0v) is 16.3. The number of carbonyl (C=O) groups is 1. The molecule has 0 unspecified atom stereocenters. The van der Waals surface area contributed by atoms with Gasteiger partial charge in [-0.05, 0) is 49.4 Å². The molecule has 1 amide bonds. The molecule has 3 aromatic rings. The number of hydrogen-bond acceptors (Lipinski definition) is 4. The molecule has 7 rings (SSSR count). The van der Waals surface area contributed by atoms with Crippen molar-refractivity contribution >= 4 is 5.91 Å². The molecular weight excluding hydrogens is 381 g/mol. The topological polar surface area (TPSA) is 67.2 Å². The minimum absolute atomic E-state index is 0.00730. The lowest BCUT2D eigenvalue weighted by molar-refractivity contribution is 0.0771. The van der Waals surface area contributed by atoms with Crippen molar-refractivity contribution in [3.63, 3.8) is 0 Å². The molecule has 150 valence electrons. The summed E-state index contributed by atoms with van der Waals surface area (Å²) < 4.78 is 20.3. The Balaban J connectivity index is 1.43. The minimum Gasteiger partial charge on any atom is -0.459 e. The highest BCUT2D eigenvalue weighted by molar-refractivity contribution is 6.02. The highest BCUT2D eigenvalue weighted by Gasteiger charge is 2.68. The molecule has 2 aliphatic carbocycles. The highest BCUT2D eigenvalue weighted by Crippen LogP contribution is 2.58. The lowest BCUT2D eigenvalue weighted by Gasteiger charge is -2.50. The van der Waals surface area contributed by atoms with Crippen LogP contribution in [0.4, 0.5) is 4.39 Å². The molecular formula is C24H20FN3O2. The van der Waals surface area contributed by atoms with Gasteiger partial charge in [-0.2, -0.15) is 0 Å². The third-order valence-electron chi connectivity index (χ3n) is 7.54. The van der Waals surface area contributed by atoms with Gasteiger partial charge in [0.1, 0.15) is 17.3 Å². The number of aryl methyl sites for hydroxylation is 1. The first-order valence-corrected chi connectivity index (χ1v) is 10.5. The van der Waals surface area contributed by atoms with E-state index < -0.39 is 0 Å². The zero-order chi connectivity index (χ0) is 20.1. The Labute approximate surface area is 172 Å². The first-order chi connectivity index (χ1) is 14.6. The van der Waals surface area contributed by atoms with E-state index in [2.05, 4.69) is 15.6 Å². The molecule has 4 heterocycles. The summed E-state index contributed by atoms with van der Waals surface area (Å²) in [6.07, 6.45) is 5.47. The summed E-state index contributed by atoms with van der Waals surface area (Å²) in [6, 6.07) is 8.45. The molecule has 1 saturated carbocycles. The summed E-state index contributed by atoms with van der Waals surface area (Å²) in [6.45, 7) is 1.68. The smallest absolute Gasteiger partial charge is 0.255 e. The van der Waals surface area contributed by atoms with Crippen LogP contribution < -0.4 is 10.6 Å². The van der Waals surface area contributed by atoms with Gasteiger partial charge in [-0.15, -0.1) is 0 Å². The van der Waals surface area contributed by atoms with Crippen molar-refractivity contribution in [2.45, 2.75) is 36.6 Å². The summed E-state index contributed by atoms with van der Waals surface area (Å²) >= 11 is 0. The Morgan fingerprint density at radius 3 is 2.73 bits per heavy atom. The van der Waals surface area contributed by atoms with E-state index >= 15 is 0 Å². The van der Waals surface area contributed by atoms with Gasteiger partial charge in [-0.3, -0.25) is 9.78 Å². The second-order valence-corrected chi connectivity index (χ2v) is 9.07. The van der Waals surface area contributed by atoms with Crippen molar-refractivity contribution in [3.05, 3.63) is 64.8 Å². The number of amides is 1. The number of benzene rings is 1. The number of halogens is 1. The number of aromatic nitrogens is 1. The third-order valence-corrected chi connectivity index (χ3v) is 7.54. The van der Waals surface area contributed by atoms with E-state index in [0.29, 0.717) is 5.69 Å². The number of nitrogens with one attached hydrogen (secondary N) is 2. The maximum atomic E-state index is 13.7. The molecule has 5 nitrogen and oxygen atoms in total. The van der Waals surface area contributed by atoms with Gasteiger partial charge in [-0.25, -0.2) is 4.39 Å². The molecule has 30 heavy (non-hydrogen) atoms.